The Labute approximate surface area is 118 Å². The van der Waals surface area contributed by atoms with Crippen LogP contribution in [0.1, 0.15) is 32.4 Å². The smallest absolute Gasteiger partial charge is 0.247 e. The summed E-state index contributed by atoms with van der Waals surface area (Å²) >= 11 is 0. The molecule has 0 radical (unpaired) electrons. The topological polar surface area (TPSA) is 43.8 Å². The minimum atomic E-state index is -0.920. The molecule has 0 spiro atoms. The number of aliphatic hydroxyl groups excluding tert-OH is 1. The first-order chi connectivity index (χ1) is 9.26. The largest absolute Gasteiger partial charge is 0.389 e. The highest BCUT2D eigenvalue weighted by atomic mass is 19.1. The van der Waals surface area contributed by atoms with Crippen molar-refractivity contribution in [3.8, 4) is 0 Å². The van der Waals surface area contributed by atoms with Crippen molar-refractivity contribution in [3.05, 3.63) is 29.6 Å². The molecule has 5 heteroatoms. The zero-order chi connectivity index (χ0) is 15.1. The number of halogens is 1. The lowest BCUT2D eigenvalue weighted by Crippen LogP contribution is -2.62. The molecule has 20 heavy (non-hydrogen) atoms. The minimum Gasteiger partial charge on any atom is -0.389 e. The van der Waals surface area contributed by atoms with E-state index < -0.39 is 17.5 Å². The Hall–Kier alpha value is -1.62. The molecule has 1 saturated heterocycles. The summed E-state index contributed by atoms with van der Waals surface area (Å²) in [5.41, 5.74) is 0.0779. The highest BCUT2D eigenvalue weighted by Gasteiger charge is 2.41. The van der Waals surface area contributed by atoms with Crippen LogP contribution in [0.4, 0.5) is 10.1 Å². The number of carbonyl (C=O) groups excluding carboxylic acids is 1. The van der Waals surface area contributed by atoms with Crippen LogP contribution in [-0.2, 0) is 4.79 Å². The zero-order valence-electron chi connectivity index (χ0n) is 12.4. The van der Waals surface area contributed by atoms with Crippen LogP contribution in [0.3, 0.4) is 0 Å². The predicted molar refractivity (Wildman–Crippen MR) is 76.1 cm³/mol. The van der Waals surface area contributed by atoms with Crippen LogP contribution in [0.25, 0.3) is 0 Å². The Balaban J connectivity index is 2.52. The lowest BCUT2D eigenvalue weighted by molar-refractivity contribution is -0.136. The molecule has 1 aromatic rings. The third-order valence-electron chi connectivity index (χ3n) is 3.94. The first-order valence-electron chi connectivity index (χ1n) is 6.76. The molecule has 0 unspecified atom stereocenters. The summed E-state index contributed by atoms with van der Waals surface area (Å²) in [7, 11) is 1.77. The van der Waals surface area contributed by atoms with E-state index in [2.05, 4.69) is 0 Å². The quantitative estimate of drug-likeness (QED) is 0.900. The van der Waals surface area contributed by atoms with E-state index in [-0.39, 0.29) is 11.5 Å². The zero-order valence-corrected chi connectivity index (χ0v) is 12.4. The molecule has 1 amide bonds. The van der Waals surface area contributed by atoms with Crippen molar-refractivity contribution >= 4 is 11.6 Å². The van der Waals surface area contributed by atoms with Gasteiger partial charge in [-0.1, -0.05) is 6.07 Å². The molecule has 1 fully saturated rings. The first-order valence-corrected chi connectivity index (χ1v) is 6.76. The van der Waals surface area contributed by atoms with E-state index in [9.17, 15) is 14.3 Å². The molecule has 0 aromatic heterocycles. The number of benzene rings is 1. The van der Waals surface area contributed by atoms with E-state index in [0.717, 1.165) is 0 Å². The van der Waals surface area contributed by atoms with Crippen molar-refractivity contribution in [2.24, 2.45) is 0 Å². The van der Waals surface area contributed by atoms with Gasteiger partial charge in [-0.3, -0.25) is 4.79 Å². The van der Waals surface area contributed by atoms with E-state index in [1.54, 1.807) is 24.1 Å². The molecular formula is C15H21FN2O2. The molecule has 2 rings (SSSR count). The minimum absolute atomic E-state index is 0.00967. The van der Waals surface area contributed by atoms with Gasteiger partial charge in [0.25, 0.3) is 0 Å². The predicted octanol–water partition coefficient (Wildman–Crippen LogP) is 1.94. The average Bonchev–Trinajstić information content (AvgIpc) is 2.35. The fourth-order valence-corrected chi connectivity index (χ4v) is 2.81. The standard InChI is InChI=1S/C15H21FN2O2/c1-10(19)13-11(16)6-5-7-12(13)18-9-8-17(4)14(20)15(18,2)3/h5-7,10,19H,8-9H2,1-4H3/t10-/m0/s1. The Morgan fingerprint density at radius 1 is 1.35 bits per heavy atom. The van der Waals surface area contributed by atoms with Gasteiger partial charge in [-0.05, 0) is 32.9 Å². The van der Waals surface area contributed by atoms with Crippen LogP contribution in [-0.4, -0.2) is 41.6 Å². The van der Waals surface area contributed by atoms with Gasteiger partial charge in [-0.2, -0.15) is 0 Å². The van der Waals surface area contributed by atoms with Gasteiger partial charge in [0.1, 0.15) is 11.4 Å². The Morgan fingerprint density at radius 2 is 2.00 bits per heavy atom. The first kappa shape index (κ1) is 14.8. The summed E-state index contributed by atoms with van der Waals surface area (Å²) in [6.45, 7) is 6.37. The summed E-state index contributed by atoms with van der Waals surface area (Å²) in [5, 5.41) is 9.84. The molecule has 1 aliphatic rings. The van der Waals surface area contributed by atoms with Crippen molar-refractivity contribution in [3.63, 3.8) is 0 Å². The molecule has 1 aliphatic heterocycles. The van der Waals surface area contributed by atoms with Crippen molar-refractivity contribution in [1.29, 1.82) is 0 Å². The summed E-state index contributed by atoms with van der Waals surface area (Å²) in [6, 6.07) is 4.69. The average molecular weight is 280 g/mol. The number of amides is 1. The normalized spacial score (nSPS) is 20.2. The second-order valence-corrected chi connectivity index (χ2v) is 5.79. The van der Waals surface area contributed by atoms with Gasteiger partial charge in [-0.25, -0.2) is 4.39 Å². The number of anilines is 1. The Kier molecular flexibility index (Phi) is 3.73. The van der Waals surface area contributed by atoms with Crippen molar-refractivity contribution < 1.29 is 14.3 Å². The summed E-state index contributed by atoms with van der Waals surface area (Å²) in [4.78, 5) is 15.9. The van der Waals surface area contributed by atoms with Crippen LogP contribution >= 0.6 is 0 Å². The molecule has 1 N–H and O–H groups in total. The lowest BCUT2D eigenvalue weighted by atomic mass is 9.94. The molecule has 1 aromatic carbocycles. The molecule has 110 valence electrons. The Morgan fingerprint density at radius 3 is 2.60 bits per heavy atom. The van der Waals surface area contributed by atoms with Crippen LogP contribution in [0.2, 0.25) is 0 Å². The third kappa shape index (κ3) is 2.26. The van der Waals surface area contributed by atoms with Gasteiger partial charge in [0.2, 0.25) is 5.91 Å². The number of likely N-dealkylation sites (N-methyl/N-ethyl adjacent to an activating group) is 1. The van der Waals surface area contributed by atoms with E-state index >= 15 is 0 Å². The van der Waals surface area contributed by atoms with Crippen LogP contribution in [0, 0.1) is 5.82 Å². The maximum atomic E-state index is 14.0. The third-order valence-corrected chi connectivity index (χ3v) is 3.94. The number of carbonyl (C=O) groups is 1. The second-order valence-electron chi connectivity index (χ2n) is 5.79. The molecule has 0 saturated carbocycles. The van der Waals surface area contributed by atoms with Gasteiger partial charge < -0.3 is 14.9 Å². The molecule has 1 heterocycles. The maximum absolute atomic E-state index is 14.0. The maximum Gasteiger partial charge on any atom is 0.247 e. The summed E-state index contributed by atoms with van der Waals surface area (Å²) < 4.78 is 14.0. The van der Waals surface area contributed by atoms with Crippen molar-refractivity contribution in [2.45, 2.75) is 32.4 Å². The molecule has 0 aliphatic carbocycles. The van der Waals surface area contributed by atoms with Crippen molar-refractivity contribution in [1.82, 2.24) is 4.90 Å². The van der Waals surface area contributed by atoms with Gasteiger partial charge in [0.15, 0.2) is 0 Å². The summed E-state index contributed by atoms with van der Waals surface area (Å²) in [5.74, 6) is -0.454. The van der Waals surface area contributed by atoms with Gasteiger partial charge in [0.05, 0.1) is 6.10 Å². The van der Waals surface area contributed by atoms with Crippen LogP contribution in [0.15, 0.2) is 18.2 Å². The lowest BCUT2D eigenvalue weighted by Gasteiger charge is -2.47. The number of aliphatic hydroxyl groups is 1. The van der Waals surface area contributed by atoms with E-state index in [0.29, 0.717) is 18.8 Å². The van der Waals surface area contributed by atoms with Crippen LogP contribution in [0.5, 0.6) is 0 Å². The van der Waals surface area contributed by atoms with Gasteiger partial charge in [0, 0.05) is 31.4 Å². The second kappa shape index (κ2) is 5.05. The number of nitrogens with zero attached hydrogens (tertiary/aromatic N) is 2. The van der Waals surface area contributed by atoms with Gasteiger partial charge >= 0.3 is 0 Å². The summed E-state index contributed by atoms with van der Waals surface area (Å²) in [6.07, 6.45) is -0.920. The molecule has 1 atom stereocenters. The number of rotatable bonds is 2. The highest BCUT2D eigenvalue weighted by Crippen LogP contribution is 2.35. The number of hydrogen-bond acceptors (Lipinski definition) is 3. The van der Waals surface area contributed by atoms with Crippen molar-refractivity contribution in [2.75, 3.05) is 25.0 Å². The number of hydrogen-bond donors (Lipinski definition) is 1. The Bertz CT molecular complexity index is 529. The highest BCUT2D eigenvalue weighted by molar-refractivity contribution is 5.90. The van der Waals surface area contributed by atoms with E-state index in [1.165, 1.54) is 13.0 Å². The molecular weight excluding hydrogens is 259 g/mol. The monoisotopic (exact) mass is 280 g/mol. The van der Waals surface area contributed by atoms with Crippen LogP contribution < -0.4 is 4.90 Å². The van der Waals surface area contributed by atoms with E-state index in [1.807, 2.05) is 18.7 Å². The SMILES string of the molecule is C[C@H](O)c1c(F)cccc1N1CCN(C)C(=O)C1(C)C. The molecule has 4 nitrogen and oxygen atoms in total. The fraction of sp³-hybridized carbons (Fsp3) is 0.533. The van der Waals surface area contributed by atoms with E-state index in [4.69, 9.17) is 0 Å². The van der Waals surface area contributed by atoms with Gasteiger partial charge in [-0.15, -0.1) is 0 Å². The number of piperazine rings is 1. The molecule has 0 bridgehead atoms. The fourth-order valence-electron chi connectivity index (χ4n) is 2.81.